The van der Waals surface area contributed by atoms with Gasteiger partial charge >= 0.3 is 17.9 Å². The minimum Gasteiger partial charge on any atom is -0.494 e. The highest BCUT2D eigenvalue weighted by Gasteiger charge is 2.36. The van der Waals surface area contributed by atoms with Crippen LogP contribution >= 0.6 is 0 Å². The number of ketones is 2. The van der Waals surface area contributed by atoms with Crippen LogP contribution in [-0.4, -0.2) is 253 Å². The number of fused-ring (bicyclic) bond motifs is 11. The first-order valence-corrected chi connectivity index (χ1v) is 27.2. The molecule has 3 atom stereocenters. The molecule has 2 heterocycles. The van der Waals surface area contributed by atoms with Crippen molar-refractivity contribution in [3.05, 3.63) is 29.8 Å². The first-order valence-electron chi connectivity index (χ1n) is 27.2. The van der Waals surface area contributed by atoms with Crippen molar-refractivity contribution in [1.29, 1.82) is 0 Å². The zero-order chi connectivity index (χ0) is 58.0. The average molecular weight is 1130 g/mol. The summed E-state index contributed by atoms with van der Waals surface area (Å²) in [5.41, 5.74) is 2.58. The highest BCUT2D eigenvalue weighted by molar-refractivity contribution is 5.92. The molecule has 1 aromatic rings. The first kappa shape index (κ1) is 69.8. The normalized spacial score (nSPS) is 15.9. The molecule has 0 aliphatic carbocycles. The van der Waals surface area contributed by atoms with Gasteiger partial charge in [0.15, 0.2) is 5.78 Å². The van der Waals surface area contributed by atoms with Crippen LogP contribution in [0.2, 0.25) is 0 Å². The number of carboxylic acids is 3. The molecule has 0 unspecified atom stereocenters. The zero-order valence-corrected chi connectivity index (χ0v) is 46.5. The van der Waals surface area contributed by atoms with Crippen LogP contribution in [0.3, 0.4) is 0 Å². The molecule has 0 saturated heterocycles. The fraction of sp³-hybridized carbons (Fsp3) is 0.736. The number of hydrogen-bond donors (Lipinski definition) is 8. The standard InChI is InChI=1S/C53H89N7O19/c1-40(2)33-45-44(53(71)57-72)7-4-22-79-43-11-9-42(10-12-43)34-46(56-52(45)70)47(62)8-5-20-73-25-29-77-31-27-75-23-14-54-13-6-21-74-26-30-78-32-28-76-24-15-55-48(63)36-58(16-18-59(35-41(3)61)37-49(64)65)17-19-60(38-50(66)67)39-51(68)69/h9-12,40,44-46,54,72H,4-8,13-39H2,1-3H3,(H,55,63)(H,56,70)(H,57,71)(H,64,65)(H,66,67)(H,68,69)/t44-,45+,46-/m0/s1. The SMILES string of the molecule is CC(=O)CN(CCN(CCN(CC(=O)O)CC(=O)O)CC(=O)NCCOCCOCCOCCCNCCOCCOCCOCCCC(=O)[C@@H]1Cc2ccc(cc2)OCCC[C@H](C(=O)NO)[C@@H](CC(C)C)C(=O)N1)CC(=O)O. The van der Waals surface area contributed by atoms with Crippen molar-refractivity contribution in [2.24, 2.45) is 17.8 Å². The third-order valence-corrected chi connectivity index (χ3v) is 12.2. The Morgan fingerprint density at radius 3 is 1.70 bits per heavy atom. The van der Waals surface area contributed by atoms with Gasteiger partial charge in [-0.3, -0.25) is 58.3 Å². The van der Waals surface area contributed by atoms with E-state index in [1.54, 1.807) is 10.4 Å². The van der Waals surface area contributed by atoms with Crippen LogP contribution in [0.15, 0.2) is 24.3 Å². The van der Waals surface area contributed by atoms with E-state index in [9.17, 15) is 58.9 Å². The molecule has 8 N–H and O–H groups in total. The Bertz CT molecular complexity index is 1840. The number of carbonyl (C=O) groups excluding carboxylic acids is 5. The molecule has 0 saturated carbocycles. The second kappa shape index (κ2) is 43.5. The van der Waals surface area contributed by atoms with E-state index in [0.717, 1.165) is 18.5 Å². The fourth-order valence-corrected chi connectivity index (χ4v) is 8.38. The Morgan fingerprint density at radius 2 is 1.16 bits per heavy atom. The van der Waals surface area contributed by atoms with Gasteiger partial charge in [-0.05, 0) is 75.6 Å². The molecule has 0 aromatic heterocycles. The molecule has 450 valence electrons. The fourth-order valence-electron chi connectivity index (χ4n) is 8.38. The summed E-state index contributed by atoms with van der Waals surface area (Å²) < 4.78 is 39.4. The van der Waals surface area contributed by atoms with Gasteiger partial charge in [0.05, 0.1) is 117 Å². The van der Waals surface area contributed by atoms with E-state index in [1.165, 1.54) is 16.7 Å². The number of hydroxylamine groups is 1. The number of ether oxygens (including phenoxy) is 7. The number of rotatable bonds is 46. The van der Waals surface area contributed by atoms with Gasteiger partial charge in [0, 0.05) is 64.8 Å². The summed E-state index contributed by atoms with van der Waals surface area (Å²) in [6.07, 6.45) is 2.94. The number of nitrogens with one attached hydrogen (secondary N) is 4. The molecular weight excluding hydrogens is 1040 g/mol. The number of carboxylic acid groups (broad SMARTS) is 3. The highest BCUT2D eigenvalue weighted by Crippen LogP contribution is 2.27. The molecule has 0 fully saturated rings. The number of hydrogen-bond acceptors (Lipinski definition) is 20. The lowest BCUT2D eigenvalue weighted by molar-refractivity contribution is -0.142. The lowest BCUT2D eigenvalue weighted by Gasteiger charge is -2.29. The lowest BCUT2D eigenvalue weighted by Crippen LogP contribution is -2.49. The molecule has 26 heteroatoms. The largest absolute Gasteiger partial charge is 0.494 e. The van der Waals surface area contributed by atoms with Crippen molar-refractivity contribution in [2.75, 3.05) is 164 Å². The predicted octanol–water partition coefficient (Wildman–Crippen LogP) is -0.0360. The molecule has 1 aromatic carbocycles. The van der Waals surface area contributed by atoms with Gasteiger partial charge in [0.25, 0.3) is 0 Å². The first-order chi connectivity index (χ1) is 38.0. The number of carbonyl (C=O) groups is 8. The summed E-state index contributed by atoms with van der Waals surface area (Å²) in [4.78, 5) is 102. The van der Waals surface area contributed by atoms with E-state index in [-0.39, 0.29) is 95.3 Å². The molecule has 79 heavy (non-hydrogen) atoms. The Labute approximate surface area is 463 Å². The maximum atomic E-state index is 13.8. The molecule has 3 rings (SSSR count). The molecule has 2 aliphatic heterocycles. The van der Waals surface area contributed by atoms with Crippen LogP contribution in [0, 0.1) is 17.8 Å². The van der Waals surface area contributed by atoms with Gasteiger partial charge in [-0.1, -0.05) is 26.0 Å². The maximum Gasteiger partial charge on any atom is 0.317 e. The molecule has 2 bridgehead atoms. The van der Waals surface area contributed by atoms with Crippen LogP contribution in [0.5, 0.6) is 5.75 Å². The van der Waals surface area contributed by atoms with Gasteiger partial charge in [-0.2, -0.15) is 0 Å². The highest BCUT2D eigenvalue weighted by atomic mass is 16.5. The zero-order valence-electron chi connectivity index (χ0n) is 46.5. The second-order valence-electron chi connectivity index (χ2n) is 19.5. The third kappa shape index (κ3) is 35.9. The minimum atomic E-state index is -1.21. The van der Waals surface area contributed by atoms with Gasteiger partial charge in [-0.25, -0.2) is 5.48 Å². The molecular formula is C53H89N7O19. The van der Waals surface area contributed by atoms with Crippen LogP contribution in [0.4, 0.5) is 0 Å². The Kier molecular flexibility index (Phi) is 38.5. The summed E-state index contributed by atoms with van der Waals surface area (Å²) in [6.45, 7) is 10.5. The van der Waals surface area contributed by atoms with Crippen LogP contribution < -0.4 is 26.2 Å². The minimum absolute atomic E-state index is 0.0138. The number of amides is 3. The maximum absolute atomic E-state index is 13.8. The number of nitrogens with zero attached hydrogens (tertiary/aromatic N) is 3. The van der Waals surface area contributed by atoms with Crippen molar-refractivity contribution in [2.45, 2.75) is 71.8 Å². The van der Waals surface area contributed by atoms with E-state index in [0.29, 0.717) is 111 Å². The van der Waals surface area contributed by atoms with Crippen molar-refractivity contribution in [1.82, 2.24) is 36.1 Å². The summed E-state index contributed by atoms with van der Waals surface area (Å²) in [5, 5.41) is 46.1. The van der Waals surface area contributed by atoms with E-state index >= 15 is 0 Å². The van der Waals surface area contributed by atoms with Gasteiger partial charge in [-0.15, -0.1) is 0 Å². The molecule has 26 nitrogen and oxygen atoms in total. The number of Topliss-reactive ketones (excluding diaryl/α,β-unsaturated/α-hetero) is 2. The predicted molar refractivity (Wildman–Crippen MR) is 286 cm³/mol. The summed E-state index contributed by atoms with van der Waals surface area (Å²) in [6, 6.07) is 6.60. The second-order valence-corrected chi connectivity index (χ2v) is 19.5. The third-order valence-electron chi connectivity index (χ3n) is 12.2. The van der Waals surface area contributed by atoms with Crippen LogP contribution in [-0.2, 0) is 73.2 Å². The van der Waals surface area contributed by atoms with Gasteiger partial charge in [0.2, 0.25) is 17.7 Å². The van der Waals surface area contributed by atoms with Crippen molar-refractivity contribution in [3.63, 3.8) is 0 Å². The Hall–Kier alpha value is -5.26. The van der Waals surface area contributed by atoms with E-state index in [4.69, 9.17) is 33.2 Å². The summed E-state index contributed by atoms with van der Waals surface area (Å²) >= 11 is 0. The molecule has 3 amide bonds. The monoisotopic (exact) mass is 1130 g/mol. The van der Waals surface area contributed by atoms with E-state index < -0.39 is 67.2 Å². The molecule has 0 spiro atoms. The van der Waals surface area contributed by atoms with Gasteiger partial charge in [0.1, 0.15) is 11.5 Å². The Morgan fingerprint density at radius 1 is 0.658 bits per heavy atom. The summed E-state index contributed by atoms with van der Waals surface area (Å²) in [5.74, 6) is -6.11. The van der Waals surface area contributed by atoms with Crippen molar-refractivity contribution in [3.8, 4) is 5.75 Å². The molecule has 0 radical (unpaired) electrons. The van der Waals surface area contributed by atoms with Crippen molar-refractivity contribution >= 4 is 47.2 Å². The quantitative estimate of drug-likeness (QED) is 0.0241. The lowest BCUT2D eigenvalue weighted by atomic mass is 9.81. The van der Waals surface area contributed by atoms with Crippen LogP contribution in [0.25, 0.3) is 0 Å². The smallest absolute Gasteiger partial charge is 0.317 e. The number of benzene rings is 1. The van der Waals surface area contributed by atoms with E-state index in [2.05, 4.69) is 16.0 Å². The molecule has 2 aliphatic rings. The topological polar surface area (TPSA) is 340 Å². The van der Waals surface area contributed by atoms with Crippen molar-refractivity contribution < 1.29 is 92.0 Å². The van der Waals surface area contributed by atoms with E-state index in [1.807, 2.05) is 38.1 Å². The van der Waals surface area contributed by atoms with Crippen LogP contribution in [0.1, 0.15) is 64.9 Å². The van der Waals surface area contributed by atoms with Gasteiger partial charge < -0.3 is 64.4 Å². The average Bonchev–Trinajstić information content (AvgIpc) is 3.39. The Balaban J connectivity index is 1.50. The summed E-state index contributed by atoms with van der Waals surface area (Å²) in [7, 11) is 0. The number of aliphatic carboxylic acids is 3.